The number of ketones is 1. The maximum absolute atomic E-state index is 11.3. The highest BCUT2D eigenvalue weighted by molar-refractivity contribution is 5.79. The van der Waals surface area contributed by atoms with Gasteiger partial charge in [0.2, 0.25) is 0 Å². The van der Waals surface area contributed by atoms with Crippen molar-refractivity contribution in [1.82, 2.24) is 4.90 Å². The van der Waals surface area contributed by atoms with Crippen molar-refractivity contribution in [2.45, 2.75) is 38.0 Å². The molecule has 0 bridgehead atoms. The van der Waals surface area contributed by atoms with E-state index < -0.39 is 0 Å². The van der Waals surface area contributed by atoms with Gasteiger partial charge in [-0.3, -0.25) is 4.79 Å². The Bertz CT molecular complexity index is 430. The Labute approximate surface area is 109 Å². The van der Waals surface area contributed by atoms with Crippen LogP contribution in [0.15, 0.2) is 24.3 Å². The first kappa shape index (κ1) is 11.9. The van der Waals surface area contributed by atoms with Crippen molar-refractivity contribution in [1.29, 1.82) is 0 Å². The summed E-state index contributed by atoms with van der Waals surface area (Å²) < 4.78 is 0. The highest BCUT2D eigenvalue weighted by Crippen LogP contribution is 2.32. The number of hydrogen-bond donors (Lipinski definition) is 0. The number of carbonyl (C=O) groups excluding carboxylic acids is 1. The van der Waals surface area contributed by atoms with E-state index in [1.165, 1.54) is 19.3 Å². The van der Waals surface area contributed by atoms with Gasteiger partial charge in [-0.1, -0.05) is 24.3 Å². The van der Waals surface area contributed by atoms with E-state index in [1.807, 2.05) is 0 Å². The van der Waals surface area contributed by atoms with Gasteiger partial charge in [0.1, 0.15) is 5.78 Å². The first-order valence-electron chi connectivity index (χ1n) is 7.15. The molecule has 0 amide bonds. The topological polar surface area (TPSA) is 20.3 Å². The summed E-state index contributed by atoms with van der Waals surface area (Å²) in [5, 5.41) is 0. The van der Waals surface area contributed by atoms with E-state index in [0.29, 0.717) is 11.7 Å². The molecule has 2 heteroatoms. The monoisotopic (exact) mass is 243 g/mol. The predicted octanol–water partition coefficient (Wildman–Crippen LogP) is 2.77. The lowest BCUT2D eigenvalue weighted by molar-refractivity contribution is -0.121. The molecule has 2 aliphatic rings. The fourth-order valence-corrected chi connectivity index (χ4v) is 3.34. The van der Waals surface area contributed by atoms with Crippen LogP contribution in [-0.2, 0) is 11.2 Å². The summed E-state index contributed by atoms with van der Waals surface area (Å²) in [4.78, 5) is 13.8. The SMILES string of the molecule is O=C1CCN(CC2CCCc3ccccc32)CC1. The van der Waals surface area contributed by atoms with Crippen molar-refractivity contribution in [3.05, 3.63) is 35.4 Å². The van der Waals surface area contributed by atoms with Gasteiger partial charge in [-0.2, -0.15) is 0 Å². The van der Waals surface area contributed by atoms with Crippen molar-refractivity contribution < 1.29 is 4.79 Å². The first-order chi connectivity index (χ1) is 8.83. The average molecular weight is 243 g/mol. The molecule has 1 unspecified atom stereocenters. The average Bonchev–Trinajstić information content (AvgIpc) is 2.42. The van der Waals surface area contributed by atoms with Gasteiger partial charge < -0.3 is 4.90 Å². The standard InChI is InChI=1S/C16H21NO/c18-15-8-10-17(11-9-15)12-14-6-3-5-13-4-1-2-7-16(13)14/h1-2,4,7,14H,3,5-6,8-12H2. The van der Waals surface area contributed by atoms with Gasteiger partial charge in [0.25, 0.3) is 0 Å². The Hall–Kier alpha value is -1.15. The number of piperidine rings is 1. The molecule has 1 fully saturated rings. The largest absolute Gasteiger partial charge is 0.302 e. The summed E-state index contributed by atoms with van der Waals surface area (Å²) in [6.45, 7) is 3.08. The molecule has 1 aliphatic carbocycles. The molecule has 1 aromatic rings. The van der Waals surface area contributed by atoms with Gasteiger partial charge in [-0.05, 0) is 36.3 Å². The molecule has 1 aliphatic heterocycles. The minimum Gasteiger partial charge on any atom is -0.302 e. The third kappa shape index (κ3) is 2.49. The second kappa shape index (κ2) is 5.23. The van der Waals surface area contributed by atoms with Crippen LogP contribution in [0, 0.1) is 0 Å². The van der Waals surface area contributed by atoms with Crippen LogP contribution in [-0.4, -0.2) is 30.3 Å². The van der Waals surface area contributed by atoms with E-state index in [2.05, 4.69) is 29.2 Å². The fourth-order valence-electron chi connectivity index (χ4n) is 3.34. The van der Waals surface area contributed by atoms with E-state index in [9.17, 15) is 4.79 Å². The number of rotatable bonds is 2. The molecule has 96 valence electrons. The molecule has 0 radical (unpaired) electrons. The molecule has 0 N–H and O–H groups in total. The lowest BCUT2D eigenvalue weighted by Crippen LogP contribution is -2.37. The molecule has 1 atom stereocenters. The molecular weight excluding hydrogens is 222 g/mol. The number of likely N-dealkylation sites (tertiary alicyclic amines) is 1. The summed E-state index contributed by atoms with van der Waals surface area (Å²) in [5.74, 6) is 1.12. The van der Waals surface area contributed by atoms with Crippen LogP contribution in [0.3, 0.4) is 0 Å². The summed E-state index contributed by atoms with van der Waals surface area (Å²) in [6.07, 6.45) is 5.38. The molecule has 1 aromatic carbocycles. The van der Waals surface area contributed by atoms with Gasteiger partial charge in [-0.15, -0.1) is 0 Å². The summed E-state index contributed by atoms with van der Waals surface area (Å²) in [5.41, 5.74) is 3.10. The summed E-state index contributed by atoms with van der Waals surface area (Å²) in [7, 11) is 0. The van der Waals surface area contributed by atoms with E-state index >= 15 is 0 Å². The second-order valence-electron chi connectivity index (χ2n) is 5.63. The van der Waals surface area contributed by atoms with Crippen molar-refractivity contribution in [3.63, 3.8) is 0 Å². The highest BCUT2D eigenvalue weighted by atomic mass is 16.1. The van der Waals surface area contributed by atoms with Gasteiger partial charge in [0, 0.05) is 32.5 Å². The molecule has 3 rings (SSSR count). The maximum atomic E-state index is 11.3. The lowest BCUT2D eigenvalue weighted by atomic mass is 9.82. The van der Waals surface area contributed by atoms with Gasteiger partial charge in [0.05, 0.1) is 0 Å². The number of benzene rings is 1. The van der Waals surface area contributed by atoms with Crippen molar-refractivity contribution in [2.75, 3.05) is 19.6 Å². The smallest absolute Gasteiger partial charge is 0.135 e. The van der Waals surface area contributed by atoms with Crippen LogP contribution in [0.4, 0.5) is 0 Å². The van der Waals surface area contributed by atoms with Crippen molar-refractivity contribution >= 4 is 5.78 Å². The Kier molecular flexibility index (Phi) is 3.46. The normalized spacial score (nSPS) is 24.9. The Morgan fingerprint density at radius 1 is 1.11 bits per heavy atom. The lowest BCUT2D eigenvalue weighted by Gasteiger charge is -2.33. The predicted molar refractivity (Wildman–Crippen MR) is 72.8 cm³/mol. The number of hydrogen-bond acceptors (Lipinski definition) is 2. The molecule has 1 heterocycles. The zero-order valence-corrected chi connectivity index (χ0v) is 10.9. The van der Waals surface area contributed by atoms with Crippen LogP contribution in [0.1, 0.15) is 42.7 Å². The number of nitrogens with zero attached hydrogens (tertiary/aromatic N) is 1. The Morgan fingerprint density at radius 3 is 2.72 bits per heavy atom. The first-order valence-corrected chi connectivity index (χ1v) is 7.15. The molecule has 1 saturated heterocycles. The van der Waals surface area contributed by atoms with E-state index in [0.717, 1.165) is 32.5 Å². The minimum atomic E-state index is 0.440. The highest BCUT2D eigenvalue weighted by Gasteiger charge is 2.24. The van der Waals surface area contributed by atoms with Crippen molar-refractivity contribution in [3.8, 4) is 0 Å². The number of Topliss-reactive ketones (excluding diaryl/α,β-unsaturated/α-hetero) is 1. The van der Waals surface area contributed by atoms with Crippen LogP contribution in [0.5, 0.6) is 0 Å². The second-order valence-corrected chi connectivity index (χ2v) is 5.63. The van der Waals surface area contributed by atoms with Gasteiger partial charge in [0.15, 0.2) is 0 Å². The number of fused-ring (bicyclic) bond motifs is 1. The number of carbonyl (C=O) groups is 1. The van der Waals surface area contributed by atoms with Crippen LogP contribution < -0.4 is 0 Å². The third-order valence-corrected chi connectivity index (χ3v) is 4.39. The Morgan fingerprint density at radius 2 is 1.89 bits per heavy atom. The third-order valence-electron chi connectivity index (χ3n) is 4.39. The maximum Gasteiger partial charge on any atom is 0.135 e. The van der Waals surface area contributed by atoms with Crippen LogP contribution in [0.2, 0.25) is 0 Å². The van der Waals surface area contributed by atoms with Gasteiger partial charge >= 0.3 is 0 Å². The molecule has 0 spiro atoms. The fraction of sp³-hybridized carbons (Fsp3) is 0.562. The number of aryl methyl sites for hydroxylation is 1. The summed E-state index contributed by atoms with van der Waals surface area (Å²) >= 11 is 0. The van der Waals surface area contributed by atoms with E-state index in [-0.39, 0.29) is 0 Å². The quantitative estimate of drug-likeness (QED) is 0.796. The Balaban J connectivity index is 1.69. The zero-order valence-electron chi connectivity index (χ0n) is 10.9. The molecule has 0 aromatic heterocycles. The molecule has 0 saturated carbocycles. The van der Waals surface area contributed by atoms with Crippen LogP contribution >= 0.6 is 0 Å². The summed E-state index contributed by atoms with van der Waals surface area (Å²) in [6, 6.07) is 8.90. The van der Waals surface area contributed by atoms with Crippen molar-refractivity contribution in [2.24, 2.45) is 0 Å². The molecule has 2 nitrogen and oxygen atoms in total. The van der Waals surface area contributed by atoms with E-state index in [4.69, 9.17) is 0 Å². The molecule has 18 heavy (non-hydrogen) atoms. The van der Waals surface area contributed by atoms with Gasteiger partial charge in [-0.25, -0.2) is 0 Å². The zero-order chi connectivity index (χ0) is 12.4. The molecular formula is C16H21NO. The minimum absolute atomic E-state index is 0.440. The van der Waals surface area contributed by atoms with Crippen LogP contribution in [0.25, 0.3) is 0 Å². The van der Waals surface area contributed by atoms with E-state index in [1.54, 1.807) is 11.1 Å².